The maximum absolute atomic E-state index is 12.1. The minimum absolute atomic E-state index is 0.00645. The Hall–Kier alpha value is -1.10. The van der Waals surface area contributed by atoms with E-state index in [9.17, 15) is 9.59 Å². The summed E-state index contributed by atoms with van der Waals surface area (Å²) in [5.74, 6) is 0.929. The van der Waals surface area contributed by atoms with Crippen molar-refractivity contribution in [2.45, 2.75) is 39.0 Å². The van der Waals surface area contributed by atoms with Gasteiger partial charge in [0.15, 0.2) is 0 Å². The van der Waals surface area contributed by atoms with Crippen LogP contribution < -0.4 is 5.32 Å². The van der Waals surface area contributed by atoms with Crippen molar-refractivity contribution in [1.29, 1.82) is 0 Å². The summed E-state index contributed by atoms with van der Waals surface area (Å²) in [5, 5.41) is 11.9. The quantitative estimate of drug-likeness (QED) is 0.691. The topological polar surface area (TPSA) is 69.6 Å². The first-order chi connectivity index (χ1) is 9.63. The van der Waals surface area contributed by atoms with Gasteiger partial charge in [0.2, 0.25) is 11.8 Å². The van der Waals surface area contributed by atoms with Crippen molar-refractivity contribution in [2.75, 3.05) is 26.2 Å². The van der Waals surface area contributed by atoms with Crippen molar-refractivity contribution in [1.82, 2.24) is 10.2 Å². The summed E-state index contributed by atoms with van der Waals surface area (Å²) in [6.45, 7) is 4.24. The van der Waals surface area contributed by atoms with Gasteiger partial charge in [0.1, 0.15) is 0 Å². The molecule has 5 nitrogen and oxygen atoms in total. The van der Waals surface area contributed by atoms with Crippen LogP contribution in [0.1, 0.15) is 39.0 Å². The van der Waals surface area contributed by atoms with Gasteiger partial charge in [-0.3, -0.25) is 9.59 Å². The molecule has 0 aromatic rings. The van der Waals surface area contributed by atoms with Gasteiger partial charge in [0, 0.05) is 32.7 Å². The smallest absolute Gasteiger partial charge is 0.225 e. The Morgan fingerprint density at radius 2 is 2.25 bits per heavy atom. The Kier molecular flexibility index (Phi) is 5.40. The van der Waals surface area contributed by atoms with Crippen LogP contribution in [-0.4, -0.2) is 48.1 Å². The molecule has 1 saturated carbocycles. The Bertz CT molecular complexity index is 355. The van der Waals surface area contributed by atoms with Crippen molar-refractivity contribution in [2.24, 2.45) is 17.8 Å². The number of nitrogens with one attached hydrogen (secondary N) is 1. The number of carbonyl (C=O) groups excluding carboxylic acids is 2. The molecule has 2 rings (SSSR count). The first-order valence-electron chi connectivity index (χ1n) is 7.80. The van der Waals surface area contributed by atoms with E-state index in [-0.39, 0.29) is 24.3 Å². The molecule has 0 aromatic heterocycles. The summed E-state index contributed by atoms with van der Waals surface area (Å²) in [6.07, 6.45) is 4.46. The predicted molar refractivity (Wildman–Crippen MR) is 75.9 cm³/mol. The lowest BCUT2D eigenvalue weighted by Crippen LogP contribution is -2.36. The number of carbonyl (C=O) groups is 2. The summed E-state index contributed by atoms with van der Waals surface area (Å²) in [6, 6.07) is 0. The fourth-order valence-electron chi connectivity index (χ4n) is 2.76. The van der Waals surface area contributed by atoms with Crippen molar-refractivity contribution < 1.29 is 14.7 Å². The zero-order chi connectivity index (χ0) is 14.5. The van der Waals surface area contributed by atoms with E-state index >= 15 is 0 Å². The van der Waals surface area contributed by atoms with E-state index in [4.69, 9.17) is 5.11 Å². The van der Waals surface area contributed by atoms with Crippen LogP contribution in [0.5, 0.6) is 0 Å². The van der Waals surface area contributed by atoms with E-state index in [2.05, 4.69) is 12.2 Å². The highest BCUT2D eigenvalue weighted by molar-refractivity contribution is 5.89. The van der Waals surface area contributed by atoms with Crippen LogP contribution in [0.25, 0.3) is 0 Å². The maximum atomic E-state index is 12.1. The largest absolute Gasteiger partial charge is 0.396 e. The molecule has 1 aliphatic heterocycles. The van der Waals surface area contributed by atoms with Gasteiger partial charge in [-0.15, -0.1) is 0 Å². The summed E-state index contributed by atoms with van der Waals surface area (Å²) >= 11 is 0. The van der Waals surface area contributed by atoms with Crippen LogP contribution >= 0.6 is 0 Å². The van der Waals surface area contributed by atoms with Crippen LogP contribution in [0.4, 0.5) is 0 Å². The summed E-state index contributed by atoms with van der Waals surface area (Å²) < 4.78 is 0. The van der Waals surface area contributed by atoms with Crippen LogP contribution in [0.15, 0.2) is 0 Å². The van der Waals surface area contributed by atoms with E-state index in [0.717, 1.165) is 13.0 Å². The lowest BCUT2D eigenvalue weighted by molar-refractivity contribution is -0.129. The van der Waals surface area contributed by atoms with Crippen LogP contribution in [0.2, 0.25) is 0 Å². The van der Waals surface area contributed by atoms with E-state index in [0.29, 0.717) is 37.8 Å². The third kappa shape index (κ3) is 4.20. The van der Waals surface area contributed by atoms with Crippen molar-refractivity contribution in [3.8, 4) is 0 Å². The minimum atomic E-state index is -0.187. The second-order valence-corrected chi connectivity index (χ2v) is 6.17. The average molecular weight is 282 g/mol. The van der Waals surface area contributed by atoms with Gasteiger partial charge in [0.25, 0.3) is 0 Å². The Morgan fingerprint density at radius 3 is 2.85 bits per heavy atom. The third-order valence-corrected chi connectivity index (χ3v) is 4.44. The molecule has 2 atom stereocenters. The lowest BCUT2D eigenvalue weighted by atomic mass is 10.0. The van der Waals surface area contributed by atoms with Crippen LogP contribution in [-0.2, 0) is 9.59 Å². The van der Waals surface area contributed by atoms with Crippen LogP contribution in [0.3, 0.4) is 0 Å². The van der Waals surface area contributed by atoms with E-state index in [1.54, 1.807) is 0 Å². The first kappa shape index (κ1) is 15.3. The van der Waals surface area contributed by atoms with E-state index < -0.39 is 0 Å². The van der Waals surface area contributed by atoms with Gasteiger partial charge < -0.3 is 15.3 Å². The molecule has 0 radical (unpaired) electrons. The molecule has 2 N–H and O–H groups in total. The highest BCUT2D eigenvalue weighted by Crippen LogP contribution is 2.31. The SMILES string of the molecule is CCC(CCO)CNC(=O)C1CC(=O)N(CC2CC2)C1. The number of aliphatic hydroxyl groups excluding tert-OH is 1. The standard InChI is InChI=1S/C15H26N2O3/c1-2-11(5-6-18)8-16-15(20)13-7-14(19)17(10-13)9-12-3-4-12/h11-13,18H,2-10H2,1H3,(H,16,20). The zero-order valence-electron chi connectivity index (χ0n) is 12.3. The number of amides is 2. The number of likely N-dealkylation sites (tertiary alicyclic amines) is 1. The molecule has 1 heterocycles. The van der Waals surface area contributed by atoms with Crippen LogP contribution in [0, 0.1) is 17.8 Å². The number of rotatable bonds is 8. The van der Waals surface area contributed by atoms with Gasteiger partial charge in [-0.2, -0.15) is 0 Å². The molecule has 2 fully saturated rings. The van der Waals surface area contributed by atoms with Gasteiger partial charge in [0.05, 0.1) is 5.92 Å². The molecule has 0 spiro atoms. The van der Waals surface area contributed by atoms with E-state index in [1.165, 1.54) is 12.8 Å². The molecular weight excluding hydrogens is 256 g/mol. The molecule has 114 valence electrons. The molecular formula is C15H26N2O3. The minimum Gasteiger partial charge on any atom is -0.396 e. The van der Waals surface area contributed by atoms with Crippen molar-refractivity contribution in [3.05, 3.63) is 0 Å². The Morgan fingerprint density at radius 1 is 1.50 bits per heavy atom. The van der Waals surface area contributed by atoms with E-state index in [1.807, 2.05) is 4.90 Å². The van der Waals surface area contributed by atoms with Gasteiger partial charge in [-0.25, -0.2) is 0 Å². The number of hydrogen-bond acceptors (Lipinski definition) is 3. The molecule has 1 aliphatic carbocycles. The zero-order valence-corrected chi connectivity index (χ0v) is 12.3. The molecule has 20 heavy (non-hydrogen) atoms. The van der Waals surface area contributed by atoms with Gasteiger partial charge in [-0.1, -0.05) is 13.3 Å². The second-order valence-electron chi connectivity index (χ2n) is 6.17. The first-order valence-corrected chi connectivity index (χ1v) is 7.80. The third-order valence-electron chi connectivity index (χ3n) is 4.44. The molecule has 0 bridgehead atoms. The normalized spacial score (nSPS) is 24.0. The number of nitrogens with zero attached hydrogens (tertiary/aromatic N) is 1. The molecule has 2 amide bonds. The van der Waals surface area contributed by atoms with Gasteiger partial charge in [-0.05, 0) is 31.1 Å². The van der Waals surface area contributed by atoms with Crippen molar-refractivity contribution in [3.63, 3.8) is 0 Å². The molecule has 2 unspecified atom stereocenters. The Balaban J connectivity index is 1.73. The fraction of sp³-hybridized carbons (Fsp3) is 0.867. The summed E-state index contributed by atoms with van der Waals surface area (Å²) in [5.41, 5.74) is 0. The molecule has 0 aromatic carbocycles. The summed E-state index contributed by atoms with van der Waals surface area (Å²) in [7, 11) is 0. The van der Waals surface area contributed by atoms with Gasteiger partial charge >= 0.3 is 0 Å². The average Bonchev–Trinajstić information content (AvgIpc) is 3.17. The number of aliphatic hydroxyl groups is 1. The maximum Gasteiger partial charge on any atom is 0.225 e. The molecule has 1 saturated heterocycles. The molecule has 2 aliphatic rings. The fourth-order valence-corrected chi connectivity index (χ4v) is 2.76. The highest BCUT2D eigenvalue weighted by atomic mass is 16.3. The second kappa shape index (κ2) is 7.07. The highest BCUT2D eigenvalue weighted by Gasteiger charge is 2.37. The lowest BCUT2D eigenvalue weighted by Gasteiger charge is -2.18. The predicted octanol–water partition coefficient (Wildman–Crippen LogP) is 0.770. The van der Waals surface area contributed by atoms with Crippen molar-refractivity contribution >= 4 is 11.8 Å². The Labute approximate surface area is 120 Å². The number of hydrogen-bond donors (Lipinski definition) is 2. The monoisotopic (exact) mass is 282 g/mol. The molecule has 5 heteroatoms. The summed E-state index contributed by atoms with van der Waals surface area (Å²) in [4.78, 5) is 25.8.